The van der Waals surface area contributed by atoms with E-state index in [1.165, 1.54) is 16.5 Å². The third kappa shape index (κ3) is 1.51. The Labute approximate surface area is 80.7 Å². The van der Waals surface area contributed by atoms with E-state index >= 15 is 0 Å². The van der Waals surface area contributed by atoms with Crippen LogP contribution in [0.5, 0.6) is 5.75 Å². The molecule has 0 atom stereocenters. The summed E-state index contributed by atoms with van der Waals surface area (Å²) >= 11 is 0. The highest BCUT2D eigenvalue weighted by molar-refractivity contribution is 6.89. The highest BCUT2D eigenvalue weighted by atomic mass is 28.3. The molecule has 1 aromatic rings. The van der Waals surface area contributed by atoms with Crippen LogP contribution in [0.3, 0.4) is 0 Å². The molecule has 1 aliphatic heterocycles. The molecule has 0 spiro atoms. The zero-order valence-corrected chi connectivity index (χ0v) is 9.55. The Morgan fingerprint density at radius 2 is 2.00 bits per heavy atom. The Balaban J connectivity index is 2.54. The maximum atomic E-state index is 5.69. The fraction of sp³-hybridized carbons (Fsp3) is 0.455. The molecule has 1 nitrogen and oxygen atoms in total. The maximum Gasteiger partial charge on any atom is 0.121 e. The van der Waals surface area contributed by atoms with Crippen molar-refractivity contribution in [3.05, 3.63) is 23.8 Å². The number of para-hydroxylation sites is 1. The van der Waals surface area contributed by atoms with Crippen LogP contribution in [-0.2, 0) is 6.42 Å². The van der Waals surface area contributed by atoms with Gasteiger partial charge in [0.2, 0.25) is 0 Å². The standard InChI is InChI=1S/C11H16OSi/c1-13(2,3)10-6-4-5-9-7-8-12-11(9)10/h4-6H,7-8H2,1-3H3. The van der Waals surface area contributed by atoms with Crippen molar-refractivity contribution in [1.29, 1.82) is 0 Å². The Hall–Kier alpha value is -0.763. The zero-order chi connectivity index (χ0) is 9.47. The maximum absolute atomic E-state index is 5.69. The molecule has 70 valence electrons. The van der Waals surface area contributed by atoms with Crippen LogP contribution in [0.25, 0.3) is 0 Å². The SMILES string of the molecule is C[Si](C)(C)c1cccc2c1OCC2. The average Bonchev–Trinajstić information content (AvgIpc) is 2.48. The van der Waals surface area contributed by atoms with E-state index in [1.807, 2.05) is 0 Å². The molecule has 1 aliphatic rings. The van der Waals surface area contributed by atoms with Gasteiger partial charge in [-0.15, -0.1) is 0 Å². The fourth-order valence-electron chi connectivity index (χ4n) is 1.81. The number of hydrogen-bond donors (Lipinski definition) is 0. The van der Waals surface area contributed by atoms with Gasteiger partial charge in [-0.3, -0.25) is 0 Å². The van der Waals surface area contributed by atoms with Crippen molar-refractivity contribution in [2.75, 3.05) is 6.61 Å². The summed E-state index contributed by atoms with van der Waals surface area (Å²) in [4.78, 5) is 0. The molecule has 0 aliphatic carbocycles. The summed E-state index contributed by atoms with van der Waals surface area (Å²) in [6, 6.07) is 6.59. The van der Waals surface area contributed by atoms with Crippen LogP contribution >= 0.6 is 0 Å². The monoisotopic (exact) mass is 192 g/mol. The van der Waals surface area contributed by atoms with Crippen molar-refractivity contribution in [3.63, 3.8) is 0 Å². The molecule has 0 amide bonds. The van der Waals surface area contributed by atoms with Gasteiger partial charge in [0.15, 0.2) is 0 Å². The van der Waals surface area contributed by atoms with Crippen molar-refractivity contribution < 1.29 is 4.74 Å². The first-order valence-corrected chi connectivity index (χ1v) is 8.34. The van der Waals surface area contributed by atoms with E-state index in [4.69, 9.17) is 4.74 Å². The van der Waals surface area contributed by atoms with Crippen molar-refractivity contribution in [1.82, 2.24) is 0 Å². The predicted octanol–water partition coefficient (Wildman–Crippen LogP) is 2.17. The minimum absolute atomic E-state index is 0.872. The quantitative estimate of drug-likeness (QED) is 0.620. The first kappa shape index (κ1) is 8.82. The molecule has 0 aromatic heterocycles. The Kier molecular flexibility index (Phi) is 1.95. The predicted molar refractivity (Wildman–Crippen MR) is 58.6 cm³/mol. The Morgan fingerprint density at radius 1 is 1.23 bits per heavy atom. The van der Waals surface area contributed by atoms with Crippen molar-refractivity contribution in [2.45, 2.75) is 26.1 Å². The number of hydrogen-bond acceptors (Lipinski definition) is 1. The topological polar surface area (TPSA) is 9.23 Å². The van der Waals surface area contributed by atoms with Gasteiger partial charge in [-0.25, -0.2) is 0 Å². The largest absolute Gasteiger partial charge is 0.493 e. The van der Waals surface area contributed by atoms with Crippen molar-refractivity contribution in [3.8, 4) is 5.75 Å². The summed E-state index contributed by atoms with van der Waals surface area (Å²) in [5.74, 6) is 1.20. The van der Waals surface area contributed by atoms with Gasteiger partial charge in [-0.2, -0.15) is 0 Å². The minimum atomic E-state index is -1.22. The number of benzene rings is 1. The zero-order valence-electron chi connectivity index (χ0n) is 8.55. The van der Waals surface area contributed by atoms with Crippen LogP contribution in [0.4, 0.5) is 0 Å². The molecule has 0 N–H and O–H groups in total. The lowest BCUT2D eigenvalue weighted by molar-refractivity contribution is 0.359. The minimum Gasteiger partial charge on any atom is -0.493 e. The van der Waals surface area contributed by atoms with Gasteiger partial charge in [0.1, 0.15) is 5.75 Å². The number of fused-ring (bicyclic) bond motifs is 1. The van der Waals surface area contributed by atoms with E-state index in [-0.39, 0.29) is 0 Å². The van der Waals surface area contributed by atoms with E-state index in [0.717, 1.165) is 13.0 Å². The normalized spacial score (nSPS) is 15.3. The van der Waals surface area contributed by atoms with Gasteiger partial charge in [-0.1, -0.05) is 37.8 Å². The van der Waals surface area contributed by atoms with Gasteiger partial charge >= 0.3 is 0 Å². The van der Waals surface area contributed by atoms with Crippen LogP contribution in [0, 0.1) is 0 Å². The fourth-order valence-corrected chi connectivity index (χ4v) is 3.32. The van der Waals surface area contributed by atoms with Crippen LogP contribution in [-0.4, -0.2) is 14.7 Å². The molecule has 0 bridgehead atoms. The molecule has 0 saturated heterocycles. The molecule has 2 rings (SSSR count). The van der Waals surface area contributed by atoms with Gasteiger partial charge in [0.25, 0.3) is 0 Å². The van der Waals surface area contributed by atoms with Crippen LogP contribution in [0.1, 0.15) is 5.56 Å². The molecule has 1 aromatic carbocycles. The summed E-state index contributed by atoms with van der Waals surface area (Å²) in [7, 11) is -1.22. The van der Waals surface area contributed by atoms with E-state index in [2.05, 4.69) is 37.8 Å². The van der Waals surface area contributed by atoms with Crippen molar-refractivity contribution in [2.24, 2.45) is 0 Å². The summed E-state index contributed by atoms with van der Waals surface area (Å²) in [5, 5.41) is 1.47. The molecule has 2 heteroatoms. The second-order valence-electron chi connectivity index (χ2n) is 4.64. The van der Waals surface area contributed by atoms with Gasteiger partial charge < -0.3 is 4.74 Å². The van der Waals surface area contributed by atoms with Crippen LogP contribution < -0.4 is 9.92 Å². The van der Waals surface area contributed by atoms with Crippen LogP contribution in [0.15, 0.2) is 18.2 Å². The van der Waals surface area contributed by atoms with Gasteiger partial charge in [-0.05, 0) is 10.8 Å². The number of rotatable bonds is 1. The second-order valence-corrected chi connectivity index (χ2v) is 9.68. The molecule has 0 unspecified atom stereocenters. The Morgan fingerprint density at radius 3 is 2.69 bits per heavy atom. The number of ether oxygens (including phenoxy) is 1. The summed E-state index contributed by atoms with van der Waals surface area (Å²) < 4.78 is 5.69. The highest BCUT2D eigenvalue weighted by Crippen LogP contribution is 2.25. The third-order valence-electron chi connectivity index (χ3n) is 2.52. The first-order valence-electron chi connectivity index (χ1n) is 4.84. The van der Waals surface area contributed by atoms with E-state index in [9.17, 15) is 0 Å². The lowest BCUT2D eigenvalue weighted by Crippen LogP contribution is -2.38. The molecule has 13 heavy (non-hydrogen) atoms. The van der Waals surface area contributed by atoms with E-state index < -0.39 is 8.07 Å². The first-order chi connectivity index (χ1) is 6.09. The molecule has 1 heterocycles. The Bertz CT molecular complexity index is 325. The van der Waals surface area contributed by atoms with Crippen molar-refractivity contribution >= 4 is 13.3 Å². The molecular formula is C11H16OSi. The van der Waals surface area contributed by atoms with Gasteiger partial charge in [0.05, 0.1) is 14.7 Å². The molecule has 0 radical (unpaired) electrons. The summed E-state index contributed by atoms with van der Waals surface area (Å²) in [5.41, 5.74) is 1.40. The molecule has 0 saturated carbocycles. The lowest BCUT2D eigenvalue weighted by Gasteiger charge is -2.19. The molecular weight excluding hydrogens is 176 g/mol. The second kappa shape index (κ2) is 2.88. The molecule has 0 fully saturated rings. The summed E-state index contributed by atoms with van der Waals surface area (Å²) in [6.45, 7) is 7.97. The highest BCUT2D eigenvalue weighted by Gasteiger charge is 2.25. The van der Waals surface area contributed by atoms with Gasteiger partial charge in [0, 0.05) is 6.42 Å². The lowest BCUT2D eigenvalue weighted by atomic mass is 10.2. The van der Waals surface area contributed by atoms with E-state index in [1.54, 1.807) is 0 Å². The van der Waals surface area contributed by atoms with E-state index in [0.29, 0.717) is 0 Å². The summed E-state index contributed by atoms with van der Waals surface area (Å²) in [6.07, 6.45) is 1.09. The third-order valence-corrected chi connectivity index (χ3v) is 4.53. The smallest absolute Gasteiger partial charge is 0.121 e. The van der Waals surface area contributed by atoms with Crippen LogP contribution in [0.2, 0.25) is 19.6 Å². The average molecular weight is 192 g/mol.